The van der Waals surface area contributed by atoms with Gasteiger partial charge in [0.25, 0.3) is 0 Å². The summed E-state index contributed by atoms with van der Waals surface area (Å²) in [5.41, 5.74) is 0. The summed E-state index contributed by atoms with van der Waals surface area (Å²) < 4.78 is 5.24. The number of amides is 1. The van der Waals surface area contributed by atoms with E-state index in [1.54, 1.807) is 0 Å². The van der Waals surface area contributed by atoms with E-state index in [-0.39, 0.29) is 12.1 Å². The van der Waals surface area contributed by atoms with Crippen molar-refractivity contribution < 1.29 is 9.53 Å². The Morgan fingerprint density at radius 1 is 1.50 bits per heavy atom. The second-order valence-electron chi connectivity index (χ2n) is 4.48. The van der Waals surface area contributed by atoms with Crippen LogP contribution in [0.25, 0.3) is 0 Å². The molecule has 1 fully saturated rings. The molecule has 16 heavy (non-hydrogen) atoms. The van der Waals surface area contributed by atoms with E-state index in [0.29, 0.717) is 12.6 Å². The van der Waals surface area contributed by atoms with Crippen LogP contribution in [0, 0.1) is 0 Å². The number of piperazine rings is 1. The van der Waals surface area contributed by atoms with Crippen LogP contribution in [0.1, 0.15) is 40.0 Å². The van der Waals surface area contributed by atoms with Gasteiger partial charge in [0.15, 0.2) is 0 Å². The first kappa shape index (κ1) is 13.3. The molecule has 1 aliphatic rings. The molecule has 1 aliphatic heterocycles. The molecule has 0 radical (unpaired) electrons. The third-order valence-electron chi connectivity index (χ3n) is 3.10. The Hall–Kier alpha value is -0.770. The number of rotatable bonds is 4. The van der Waals surface area contributed by atoms with Gasteiger partial charge in [-0.1, -0.05) is 20.3 Å². The predicted molar refractivity (Wildman–Crippen MR) is 64.5 cm³/mol. The van der Waals surface area contributed by atoms with E-state index in [9.17, 15) is 4.79 Å². The lowest BCUT2D eigenvalue weighted by Gasteiger charge is -2.37. The maximum absolute atomic E-state index is 11.8. The number of carbonyl (C=O) groups is 1. The molecule has 4 heteroatoms. The lowest BCUT2D eigenvalue weighted by Crippen LogP contribution is -2.57. The molecule has 0 bridgehead atoms. The summed E-state index contributed by atoms with van der Waals surface area (Å²) in [7, 11) is 0. The van der Waals surface area contributed by atoms with Crippen LogP contribution in [0.3, 0.4) is 0 Å². The molecule has 0 saturated carbocycles. The number of hydrogen-bond donors (Lipinski definition) is 1. The molecule has 1 heterocycles. The fourth-order valence-electron chi connectivity index (χ4n) is 1.84. The standard InChI is InChI=1S/C12H24N2O2/c1-4-6-7-16-12(15)14-9-11(5-2)13-8-10(14)3/h10-11,13H,4-9H2,1-3H3/t10-,11+/m0/s1. The van der Waals surface area contributed by atoms with E-state index in [1.807, 2.05) is 4.90 Å². The van der Waals surface area contributed by atoms with Crippen molar-refractivity contribution in [2.45, 2.75) is 52.1 Å². The van der Waals surface area contributed by atoms with Crippen molar-refractivity contribution in [1.29, 1.82) is 0 Å². The van der Waals surface area contributed by atoms with Crippen molar-refractivity contribution in [1.82, 2.24) is 10.2 Å². The Morgan fingerprint density at radius 2 is 2.25 bits per heavy atom. The fraction of sp³-hybridized carbons (Fsp3) is 0.917. The highest BCUT2D eigenvalue weighted by Gasteiger charge is 2.28. The first-order chi connectivity index (χ1) is 7.69. The molecule has 94 valence electrons. The minimum Gasteiger partial charge on any atom is -0.449 e. The smallest absolute Gasteiger partial charge is 0.410 e. The van der Waals surface area contributed by atoms with Crippen LogP contribution in [0.15, 0.2) is 0 Å². The van der Waals surface area contributed by atoms with Crippen LogP contribution in [0.5, 0.6) is 0 Å². The van der Waals surface area contributed by atoms with E-state index >= 15 is 0 Å². The Kier molecular flexibility index (Phi) is 5.60. The lowest BCUT2D eigenvalue weighted by atomic mass is 10.1. The van der Waals surface area contributed by atoms with Gasteiger partial charge >= 0.3 is 6.09 Å². The quantitative estimate of drug-likeness (QED) is 0.748. The Balaban J connectivity index is 2.39. The number of nitrogens with zero attached hydrogens (tertiary/aromatic N) is 1. The van der Waals surface area contributed by atoms with E-state index in [0.717, 1.165) is 32.4 Å². The predicted octanol–water partition coefficient (Wildman–Crippen LogP) is 2.00. The molecular weight excluding hydrogens is 204 g/mol. The van der Waals surface area contributed by atoms with Gasteiger partial charge in [-0.15, -0.1) is 0 Å². The molecule has 0 aromatic carbocycles. The molecule has 0 aromatic heterocycles. The van der Waals surface area contributed by atoms with Crippen molar-refractivity contribution in [2.24, 2.45) is 0 Å². The monoisotopic (exact) mass is 228 g/mol. The van der Waals surface area contributed by atoms with E-state index < -0.39 is 0 Å². The second-order valence-corrected chi connectivity index (χ2v) is 4.48. The molecule has 0 aliphatic carbocycles. The zero-order chi connectivity index (χ0) is 12.0. The SMILES string of the molecule is CCCCOC(=O)N1C[C@@H](CC)NC[C@@H]1C. The van der Waals surface area contributed by atoms with Crippen molar-refractivity contribution in [3.05, 3.63) is 0 Å². The van der Waals surface area contributed by atoms with Crippen LogP contribution < -0.4 is 5.32 Å². The number of carbonyl (C=O) groups excluding carboxylic acids is 1. The van der Waals surface area contributed by atoms with Crippen LogP contribution in [-0.2, 0) is 4.74 Å². The summed E-state index contributed by atoms with van der Waals surface area (Å²) >= 11 is 0. The van der Waals surface area contributed by atoms with Gasteiger partial charge in [-0.2, -0.15) is 0 Å². The molecule has 1 N–H and O–H groups in total. The highest BCUT2D eigenvalue weighted by atomic mass is 16.6. The molecule has 4 nitrogen and oxygen atoms in total. The molecule has 2 atom stereocenters. The molecule has 0 unspecified atom stereocenters. The molecule has 1 saturated heterocycles. The number of unbranched alkanes of at least 4 members (excludes halogenated alkanes) is 1. The van der Waals surface area contributed by atoms with Crippen molar-refractivity contribution in [3.63, 3.8) is 0 Å². The topological polar surface area (TPSA) is 41.6 Å². The summed E-state index contributed by atoms with van der Waals surface area (Å²) in [6.07, 6.45) is 2.90. The normalized spacial score (nSPS) is 25.6. The summed E-state index contributed by atoms with van der Waals surface area (Å²) in [5.74, 6) is 0. The Bertz CT molecular complexity index is 221. The average Bonchev–Trinajstić information content (AvgIpc) is 2.30. The van der Waals surface area contributed by atoms with Gasteiger partial charge in [-0.25, -0.2) is 4.79 Å². The maximum Gasteiger partial charge on any atom is 0.410 e. The highest BCUT2D eigenvalue weighted by molar-refractivity contribution is 5.68. The summed E-state index contributed by atoms with van der Waals surface area (Å²) in [6, 6.07) is 0.645. The van der Waals surface area contributed by atoms with E-state index in [4.69, 9.17) is 4.74 Å². The molecule has 1 rings (SSSR count). The average molecular weight is 228 g/mol. The minimum atomic E-state index is -0.152. The van der Waals surface area contributed by atoms with Gasteiger partial charge in [0.05, 0.1) is 6.61 Å². The first-order valence-electron chi connectivity index (χ1n) is 6.35. The molecular formula is C12H24N2O2. The molecule has 0 aromatic rings. The zero-order valence-corrected chi connectivity index (χ0v) is 10.7. The second kappa shape index (κ2) is 6.74. The van der Waals surface area contributed by atoms with Gasteiger partial charge in [0.1, 0.15) is 0 Å². The van der Waals surface area contributed by atoms with Crippen molar-refractivity contribution in [2.75, 3.05) is 19.7 Å². The van der Waals surface area contributed by atoms with Crippen LogP contribution in [0.2, 0.25) is 0 Å². The lowest BCUT2D eigenvalue weighted by molar-refractivity contribution is 0.0707. The van der Waals surface area contributed by atoms with Gasteiger partial charge in [0.2, 0.25) is 0 Å². The largest absolute Gasteiger partial charge is 0.449 e. The van der Waals surface area contributed by atoms with Crippen LogP contribution >= 0.6 is 0 Å². The minimum absolute atomic E-state index is 0.152. The third kappa shape index (κ3) is 3.67. The van der Waals surface area contributed by atoms with Crippen LogP contribution in [-0.4, -0.2) is 42.8 Å². The first-order valence-corrected chi connectivity index (χ1v) is 6.35. The van der Waals surface area contributed by atoms with Gasteiger partial charge in [-0.05, 0) is 19.8 Å². The summed E-state index contributed by atoms with van der Waals surface area (Å²) in [4.78, 5) is 13.7. The van der Waals surface area contributed by atoms with Gasteiger partial charge < -0.3 is 15.0 Å². The fourth-order valence-corrected chi connectivity index (χ4v) is 1.84. The number of hydrogen-bond acceptors (Lipinski definition) is 3. The van der Waals surface area contributed by atoms with E-state index in [1.165, 1.54) is 0 Å². The third-order valence-corrected chi connectivity index (χ3v) is 3.10. The number of ether oxygens (including phenoxy) is 1. The van der Waals surface area contributed by atoms with Gasteiger partial charge in [-0.3, -0.25) is 0 Å². The zero-order valence-electron chi connectivity index (χ0n) is 10.7. The van der Waals surface area contributed by atoms with E-state index in [2.05, 4.69) is 26.1 Å². The Morgan fingerprint density at radius 3 is 2.88 bits per heavy atom. The maximum atomic E-state index is 11.8. The number of nitrogens with one attached hydrogen (secondary N) is 1. The van der Waals surface area contributed by atoms with Gasteiger partial charge in [0, 0.05) is 25.2 Å². The highest BCUT2D eigenvalue weighted by Crippen LogP contribution is 2.10. The Labute approximate surface area is 98.3 Å². The molecule has 1 amide bonds. The van der Waals surface area contributed by atoms with Crippen LogP contribution in [0.4, 0.5) is 4.79 Å². The van der Waals surface area contributed by atoms with Crippen molar-refractivity contribution in [3.8, 4) is 0 Å². The van der Waals surface area contributed by atoms with Crippen molar-refractivity contribution >= 4 is 6.09 Å². The molecule has 0 spiro atoms. The summed E-state index contributed by atoms with van der Waals surface area (Å²) in [6.45, 7) is 8.45. The summed E-state index contributed by atoms with van der Waals surface area (Å²) in [5, 5.41) is 3.42.